The third kappa shape index (κ3) is 2.87. The van der Waals surface area contributed by atoms with E-state index in [-0.39, 0.29) is 5.69 Å². The van der Waals surface area contributed by atoms with Crippen molar-refractivity contribution in [1.29, 1.82) is 0 Å². The van der Waals surface area contributed by atoms with Crippen LogP contribution in [-0.4, -0.2) is 0 Å². The van der Waals surface area contributed by atoms with Gasteiger partial charge in [0, 0.05) is 8.04 Å². The molecule has 1 aromatic carbocycles. The highest BCUT2D eigenvalue weighted by Gasteiger charge is 2.34. The molecule has 0 radical (unpaired) electrons. The summed E-state index contributed by atoms with van der Waals surface area (Å²) in [6, 6.07) is 2.68. The highest BCUT2D eigenvalue weighted by Crippen LogP contribution is 2.39. The molecule has 0 atom stereocenters. The van der Waals surface area contributed by atoms with E-state index < -0.39 is 11.7 Å². The number of benzene rings is 1. The minimum absolute atomic E-state index is 0.0990. The van der Waals surface area contributed by atoms with Crippen LogP contribution in [0.15, 0.2) is 16.6 Å². The normalized spacial score (nSPS) is 11.6. The lowest BCUT2D eigenvalue weighted by Crippen LogP contribution is -2.08. The predicted molar refractivity (Wildman–Crippen MR) is 69.5 cm³/mol. The summed E-state index contributed by atoms with van der Waals surface area (Å²) in [7, 11) is 0. The van der Waals surface area contributed by atoms with Gasteiger partial charge in [0.25, 0.3) is 0 Å². The molecule has 14 heavy (non-hydrogen) atoms. The number of anilines is 1. The molecule has 0 aromatic heterocycles. The Kier molecular flexibility index (Phi) is 4.33. The van der Waals surface area contributed by atoms with Crippen molar-refractivity contribution in [3.63, 3.8) is 0 Å². The third-order valence-electron chi connectivity index (χ3n) is 1.45. The Bertz CT molecular complexity index is 354. The van der Waals surface area contributed by atoms with Gasteiger partial charge in [0.1, 0.15) is 0 Å². The van der Waals surface area contributed by atoms with Crippen molar-refractivity contribution in [2.45, 2.75) is 6.18 Å². The molecule has 0 heterocycles. The van der Waals surface area contributed by atoms with E-state index in [2.05, 4.69) is 19.5 Å². The Morgan fingerprint density at radius 2 is 1.86 bits per heavy atom. The second-order valence-corrected chi connectivity index (χ2v) is 5.02. The molecule has 0 saturated heterocycles. The van der Waals surface area contributed by atoms with Crippen LogP contribution in [0.25, 0.3) is 0 Å². The van der Waals surface area contributed by atoms with E-state index in [0.717, 1.165) is 6.07 Å². The van der Waals surface area contributed by atoms with Crippen molar-refractivity contribution in [2.75, 3.05) is 3.53 Å². The predicted octanol–water partition coefficient (Wildman–Crippen LogP) is 4.83. The van der Waals surface area contributed by atoms with Gasteiger partial charge < -0.3 is 3.53 Å². The summed E-state index contributed by atoms with van der Waals surface area (Å²) in [5, 5.41) is 0. The maximum atomic E-state index is 12.5. The summed E-state index contributed by atoms with van der Waals surface area (Å²) in [6.45, 7) is 0. The van der Waals surface area contributed by atoms with Crippen molar-refractivity contribution < 1.29 is 13.2 Å². The van der Waals surface area contributed by atoms with E-state index in [0.29, 0.717) is 8.04 Å². The topological polar surface area (TPSA) is 12.0 Å². The highest BCUT2D eigenvalue weighted by molar-refractivity contribution is 14.1. The van der Waals surface area contributed by atoms with Crippen molar-refractivity contribution in [1.82, 2.24) is 0 Å². The van der Waals surface area contributed by atoms with E-state index in [1.165, 1.54) is 0 Å². The van der Waals surface area contributed by atoms with Crippen molar-refractivity contribution in [2.24, 2.45) is 0 Å². The zero-order valence-corrected chi connectivity index (χ0v) is 12.3. The Balaban J connectivity index is 3.40. The number of rotatable bonds is 1. The molecule has 1 N–H and O–H groups in total. The summed E-state index contributed by atoms with van der Waals surface area (Å²) < 4.78 is 41.1. The standard InChI is InChI=1S/C7H3BrF3I2N/c8-3-1-4(7(9,10)11)6(14-13)5(12)2-3/h1-2,14H. The molecule has 0 amide bonds. The largest absolute Gasteiger partial charge is 0.418 e. The second-order valence-electron chi connectivity index (χ2n) is 2.40. The van der Waals surface area contributed by atoms with Crippen LogP contribution in [0.3, 0.4) is 0 Å². The zero-order chi connectivity index (χ0) is 10.9. The maximum absolute atomic E-state index is 12.5. The lowest BCUT2D eigenvalue weighted by molar-refractivity contribution is -0.137. The van der Waals surface area contributed by atoms with Crippen LogP contribution < -0.4 is 3.53 Å². The fourth-order valence-corrected chi connectivity index (χ4v) is 3.64. The molecule has 0 aliphatic rings. The third-order valence-corrected chi connectivity index (χ3v) is 3.30. The first-order valence-electron chi connectivity index (χ1n) is 3.29. The van der Waals surface area contributed by atoms with Gasteiger partial charge in [-0.1, -0.05) is 15.9 Å². The van der Waals surface area contributed by atoms with Gasteiger partial charge in [0.15, 0.2) is 0 Å². The molecule has 7 heteroatoms. The van der Waals surface area contributed by atoms with Gasteiger partial charge in [0.05, 0.1) is 34.1 Å². The lowest BCUT2D eigenvalue weighted by atomic mass is 10.2. The lowest BCUT2D eigenvalue weighted by Gasteiger charge is -2.13. The molecule has 0 spiro atoms. The van der Waals surface area contributed by atoms with Crippen LogP contribution in [0.2, 0.25) is 0 Å². The first-order valence-corrected chi connectivity index (χ1v) is 6.24. The van der Waals surface area contributed by atoms with Gasteiger partial charge in [-0.15, -0.1) is 0 Å². The monoisotopic (exact) mass is 491 g/mol. The molecule has 1 rings (SSSR count). The highest BCUT2D eigenvalue weighted by atomic mass is 127. The minimum atomic E-state index is -4.34. The molecule has 0 saturated carbocycles. The quantitative estimate of drug-likeness (QED) is 0.438. The fourth-order valence-electron chi connectivity index (χ4n) is 0.893. The average molecular weight is 492 g/mol. The maximum Gasteiger partial charge on any atom is 0.418 e. The van der Waals surface area contributed by atoms with Crippen LogP contribution >= 0.6 is 61.4 Å². The number of hydrogen-bond acceptors (Lipinski definition) is 1. The molecule has 0 unspecified atom stereocenters. The fraction of sp³-hybridized carbons (Fsp3) is 0.143. The molecule has 78 valence electrons. The second kappa shape index (κ2) is 4.73. The molecule has 0 bridgehead atoms. The van der Waals surface area contributed by atoms with E-state index in [9.17, 15) is 13.2 Å². The zero-order valence-electron chi connectivity index (χ0n) is 6.42. The van der Waals surface area contributed by atoms with Crippen LogP contribution in [0.5, 0.6) is 0 Å². The molecule has 0 fully saturated rings. The van der Waals surface area contributed by atoms with Crippen molar-refractivity contribution in [3.8, 4) is 0 Å². The van der Waals surface area contributed by atoms with Gasteiger partial charge in [-0.25, -0.2) is 0 Å². The molecular formula is C7H3BrF3I2N. The first kappa shape index (κ1) is 12.8. The van der Waals surface area contributed by atoms with Crippen LogP contribution in [0.4, 0.5) is 18.9 Å². The Labute approximate surface area is 115 Å². The number of nitrogens with one attached hydrogen (secondary N) is 1. The summed E-state index contributed by atoms with van der Waals surface area (Å²) in [6.07, 6.45) is -4.34. The van der Waals surface area contributed by atoms with Crippen molar-refractivity contribution in [3.05, 3.63) is 25.7 Å². The van der Waals surface area contributed by atoms with Crippen LogP contribution in [0.1, 0.15) is 5.56 Å². The summed E-state index contributed by atoms with van der Waals surface area (Å²) >= 11 is 6.57. The molecule has 0 aliphatic heterocycles. The minimum Gasteiger partial charge on any atom is -0.327 e. The Hall–Kier alpha value is 0.750. The van der Waals surface area contributed by atoms with Gasteiger partial charge in [0.2, 0.25) is 0 Å². The van der Waals surface area contributed by atoms with Crippen LogP contribution in [0, 0.1) is 3.57 Å². The summed E-state index contributed by atoms with van der Waals surface area (Å²) in [4.78, 5) is 0. The molecule has 1 nitrogen and oxygen atoms in total. The van der Waals surface area contributed by atoms with Gasteiger partial charge >= 0.3 is 6.18 Å². The van der Waals surface area contributed by atoms with Crippen LogP contribution in [-0.2, 0) is 6.18 Å². The van der Waals surface area contributed by atoms with E-state index in [1.807, 2.05) is 22.6 Å². The molecular weight excluding hydrogens is 489 g/mol. The number of hydrogen-bond donors (Lipinski definition) is 1. The molecule has 0 aliphatic carbocycles. The molecule has 1 aromatic rings. The number of alkyl halides is 3. The van der Waals surface area contributed by atoms with Gasteiger partial charge in [-0.2, -0.15) is 13.2 Å². The first-order chi connectivity index (χ1) is 6.36. The van der Waals surface area contributed by atoms with Gasteiger partial charge in [-0.05, 0) is 34.7 Å². The average Bonchev–Trinajstić information content (AvgIpc) is 2.01. The van der Waals surface area contributed by atoms with Crippen molar-refractivity contribution >= 4 is 67.1 Å². The Morgan fingerprint density at radius 3 is 2.29 bits per heavy atom. The summed E-state index contributed by atoms with van der Waals surface area (Å²) in [5.74, 6) is 0. The van der Waals surface area contributed by atoms with Gasteiger partial charge in [-0.3, -0.25) is 0 Å². The van der Waals surface area contributed by atoms with E-state index >= 15 is 0 Å². The summed E-state index contributed by atoms with van der Waals surface area (Å²) in [5.41, 5.74) is -0.562. The smallest absolute Gasteiger partial charge is 0.327 e. The SMILES string of the molecule is FC(F)(F)c1cc(Br)cc(I)c1NI. The van der Waals surface area contributed by atoms with E-state index in [4.69, 9.17) is 0 Å². The van der Waals surface area contributed by atoms with E-state index in [1.54, 1.807) is 28.9 Å². The Morgan fingerprint density at radius 1 is 1.29 bits per heavy atom. The number of halogens is 6.